The molecular weight excluding hydrogens is 185 g/mol. The van der Waals surface area contributed by atoms with Crippen LogP contribution in [0.5, 0.6) is 0 Å². The first kappa shape index (κ1) is 8.38. The van der Waals surface area contributed by atoms with Gasteiger partial charge in [0.1, 0.15) is 5.82 Å². The van der Waals surface area contributed by atoms with E-state index in [4.69, 9.17) is 0 Å². The predicted molar refractivity (Wildman–Crippen MR) is 52.0 cm³/mol. The van der Waals surface area contributed by atoms with Crippen molar-refractivity contribution >= 4 is 11.3 Å². The Kier molecular flexibility index (Phi) is 2.10. The maximum absolute atomic E-state index is 13.3. The minimum absolute atomic E-state index is 0.252. The highest BCUT2D eigenvalue weighted by atomic mass is 32.1. The van der Waals surface area contributed by atoms with Crippen LogP contribution in [0.1, 0.15) is 4.88 Å². The van der Waals surface area contributed by atoms with E-state index < -0.39 is 0 Å². The van der Waals surface area contributed by atoms with Crippen LogP contribution < -0.4 is 0 Å². The lowest BCUT2D eigenvalue weighted by molar-refractivity contribution is 0.631. The third-order valence-corrected chi connectivity index (χ3v) is 2.46. The third-order valence-electron chi connectivity index (χ3n) is 1.77. The summed E-state index contributed by atoms with van der Waals surface area (Å²) < 4.78 is 13.3. The largest absolute Gasteiger partial charge is 0.244 e. The van der Waals surface area contributed by atoms with Gasteiger partial charge in [-0.3, -0.25) is 0 Å². The van der Waals surface area contributed by atoms with Gasteiger partial charge in [0.2, 0.25) is 0 Å². The van der Waals surface area contributed by atoms with E-state index in [-0.39, 0.29) is 5.82 Å². The second kappa shape index (κ2) is 3.26. The summed E-state index contributed by atoms with van der Waals surface area (Å²) in [7, 11) is 0. The summed E-state index contributed by atoms with van der Waals surface area (Å²) in [5.74, 6) is -0.252. The molecule has 1 radical (unpaired) electrons. The van der Waals surface area contributed by atoms with Crippen molar-refractivity contribution in [3.05, 3.63) is 47.4 Å². The quantitative estimate of drug-likeness (QED) is 0.676. The molecule has 0 atom stereocenters. The number of benzene rings is 1. The predicted octanol–water partition coefficient (Wildman–Crippen LogP) is 3.13. The van der Waals surface area contributed by atoms with Crippen LogP contribution in [0.15, 0.2) is 29.8 Å². The molecule has 0 aliphatic rings. The molecule has 1 heterocycles. The fourth-order valence-electron chi connectivity index (χ4n) is 1.14. The number of halogens is 1. The van der Waals surface area contributed by atoms with Gasteiger partial charge in [-0.1, -0.05) is 12.1 Å². The number of thiazole rings is 1. The third kappa shape index (κ3) is 1.47. The molecule has 0 saturated heterocycles. The summed E-state index contributed by atoms with van der Waals surface area (Å²) >= 11 is 1.42. The lowest BCUT2D eigenvalue weighted by atomic mass is 10.1. The van der Waals surface area contributed by atoms with Gasteiger partial charge in [-0.25, -0.2) is 9.37 Å². The summed E-state index contributed by atoms with van der Waals surface area (Å²) in [5.41, 5.74) is 2.83. The van der Waals surface area contributed by atoms with E-state index in [9.17, 15) is 4.39 Å². The van der Waals surface area contributed by atoms with Gasteiger partial charge in [0.15, 0.2) is 0 Å². The Hall–Kier alpha value is -1.22. The maximum Gasteiger partial charge on any atom is 0.132 e. The Morgan fingerprint density at radius 2 is 2.08 bits per heavy atom. The number of hydrogen-bond acceptors (Lipinski definition) is 2. The Bertz CT molecular complexity index is 422. The van der Waals surface area contributed by atoms with Crippen LogP contribution in [-0.4, -0.2) is 4.98 Å². The summed E-state index contributed by atoms with van der Waals surface area (Å²) in [4.78, 5) is 4.86. The van der Waals surface area contributed by atoms with Gasteiger partial charge >= 0.3 is 0 Å². The zero-order valence-electron chi connectivity index (χ0n) is 6.83. The standard InChI is InChI=1S/C10H7FNS/c1-7-10(12-6-13-7)8-4-2-3-5-9(8)11/h2-6H,1H2. The first-order valence-corrected chi connectivity index (χ1v) is 4.67. The van der Waals surface area contributed by atoms with Crippen LogP contribution in [-0.2, 0) is 0 Å². The number of aromatic nitrogens is 1. The molecule has 2 aromatic rings. The maximum atomic E-state index is 13.3. The average molecular weight is 192 g/mol. The van der Waals surface area contributed by atoms with Crippen LogP contribution in [0.4, 0.5) is 4.39 Å². The van der Waals surface area contributed by atoms with Crippen LogP contribution in [0.25, 0.3) is 11.3 Å². The van der Waals surface area contributed by atoms with E-state index in [1.807, 2.05) is 0 Å². The highest BCUT2D eigenvalue weighted by Gasteiger charge is 2.08. The van der Waals surface area contributed by atoms with Gasteiger partial charge < -0.3 is 0 Å². The van der Waals surface area contributed by atoms with Gasteiger partial charge in [0, 0.05) is 10.4 Å². The summed E-state index contributed by atoms with van der Waals surface area (Å²) in [6.07, 6.45) is 0. The van der Waals surface area contributed by atoms with Gasteiger partial charge in [0.25, 0.3) is 0 Å². The summed E-state index contributed by atoms with van der Waals surface area (Å²) in [6, 6.07) is 6.58. The van der Waals surface area contributed by atoms with E-state index >= 15 is 0 Å². The van der Waals surface area contributed by atoms with Gasteiger partial charge in [-0.2, -0.15) is 0 Å². The Morgan fingerprint density at radius 3 is 2.69 bits per heavy atom. The van der Waals surface area contributed by atoms with Crippen molar-refractivity contribution in [2.75, 3.05) is 0 Å². The van der Waals surface area contributed by atoms with Gasteiger partial charge in [-0.05, 0) is 19.1 Å². The van der Waals surface area contributed by atoms with Crippen LogP contribution in [0, 0.1) is 12.7 Å². The second-order valence-corrected chi connectivity index (χ2v) is 3.54. The smallest absolute Gasteiger partial charge is 0.132 e. The topological polar surface area (TPSA) is 12.9 Å². The van der Waals surface area contributed by atoms with Crippen molar-refractivity contribution < 1.29 is 4.39 Å². The van der Waals surface area contributed by atoms with E-state index in [0.717, 1.165) is 4.88 Å². The Morgan fingerprint density at radius 1 is 1.31 bits per heavy atom. The van der Waals surface area contributed by atoms with Gasteiger partial charge in [0.05, 0.1) is 11.2 Å². The molecule has 0 bridgehead atoms. The first-order valence-electron chi connectivity index (χ1n) is 3.79. The molecule has 13 heavy (non-hydrogen) atoms. The zero-order chi connectivity index (χ0) is 9.26. The minimum Gasteiger partial charge on any atom is -0.244 e. The molecule has 0 unspecified atom stereocenters. The normalized spacial score (nSPS) is 10.3. The first-order chi connectivity index (χ1) is 6.29. The second-order valence-electron chi connectivity index (χ2n) is 2.60. The number of hydrogen-bond donors (Lipinski definition) is 0. The molecular formula is C10H7FNS. The van der Waals surface area contributed by atoms with Crippen LogP contribution in [0.2, 0.25) is 0 Å². The minimum atomic E-state index is -0.252. The highest BCUT2D eigenvalue weighted by molar-refractivity contribution is 7.10. The molecule has 2 rings (SSSR count). The molecule has 0 saturated carbocycles. The van der Waals surface area contributed by atoms with Crippen molar-refractivity contribution in [1.82, 2.24) is 4.98 Å². The van der Waals surface area contributed by atoms with Crippen molar-refractivity contribution in [1.29, 1.82) is 0 Å². The average Bonchev–Trinajstić information content (AvgIpc) is 2.52. The molecule has 1 aromatic heterocycles. The SMILES string of the molecule is [CH2]c1scnc1-c1ccccc1F. The van der Waals surface area contributed by atoms with E-state index in [2.05, 4.69) is 11.9 Å². The molecule has 0 spiro atoms. The lowest BCUT2D eigenvalue weighted by Crippen LogP contribution is -1.84. The fraction of sp³-hybridized carbons (Fsp3) is 0. The monoisotopic (exact) mass is 192 g/mol. The van der Waals surface area contributed by atoms with E-state index in [0.29, 0.717) is 11.3 Å². The van der Waals surface area contributed by atoms with Crippen molar-refractivity contribution in [2.45, 2.75) is 0 Å². The van der Waals surface area contributed by atoms with Crippen molar-refractivity contribution in [2.24, 2.45) is 0 Å². The van der Waals surface area contributed by atoms with Crippen LogP contribution in [0.3, 0.4) is 0 Å². The molecule has 0 amide bonds. The number of nitrogens with zero attached hydrogens (tertiary/aromatic N) is 1. The molecule has 0 aliphatic carbocycles. The Labute approximate surface area is 79.9 Å². The fourth-order valence-corrected chi connectivity index (χ4v) is 1.70. The molecule has 1 nitrogen and oxygen atoms in total. The number of rotatable bonds is 1. The molecule has 0 aliphatic heterocycles. The van der Waals surface area contributed by atoms with Gasteiger partial charge in [-0.15, -0.1) is 11.3 Å². The summed E-state index contributed by atoms with van der Waals surface area (Å²) in [5, 5.41) is 0. The van der Waals surface area contributed by atoms with Crippen LogP contribution >= 0.6 is 11.3 Å². The molecule has 65 valence electrons. The highest BCUT2D eigenvalue weighted by Crippen LogP contribution is 2.26. The summed E-state index contributed by atoms with van der Waals surface area (Å²) in [6.45, 7) is 3.79. The van der Waals surface area contributed by atoms with Crippen molar-refractivity contribution in [3.63, 3.8) is 0 Å². The van der Waals surface area contributed by atoms with Crippen molar-refractivity contribution in [3.8, 4) is 11.3 Å². The Balaban J connectivity index is 2.59. The lowest BCUT2D eigenvalue weighted by Gasteiger charge is -1.99. The zero-order valence-corrected chi connectivity index (χ0v) is 7.64. The molecule has 3 heteroatoms. The molecule has 0 fully saturated rings. The molecule has 1 aromatic carbocycles. The van der Waals surface area contributed by atoms with E-state index in [1.54, 1.807) is 23.7 Å². The van der Waals surface area contributed by atoms with E-state index in [1.165, 1.54) is 17.4 Å². The molecule has 0 N–H and O–H groups in total.